The third kappa shape index (κ3) is 2.97. The maximum Gasteiger partial charge on any atom is 0.269 e. The molecule has 1 aromatic heterocycles. The molecule has 3 aromatic rings. The Bertz CT molecular complexity index is 955. The first-order valence-electron chi connectivity index (χ1n) is 8.18. The van der Waals surface area contributed by atoms with Crippen LogP contribution in [0.25, 0.3) is 11.4 Å². The standard InChI is InChI=1S/C18H17N5O3/c1-11-16(26-15-9-4-3-8-14(15)25-11)18(24)19-13-7-5-6-12(10-13)17-20-21-22-23(17)2/h3-11,16H,1-2H3,(H,19,24)/t11-,16+/m0/s1. The number of amides is 1. The van der Waals surface area contributed by atoms with Crippen molar-refractivity contribution in [3.8, 4) is 22.9 Å². The summed E-state index contributed by atoms with van der Waals surface area (Å²) in [4.78, 5) is 12.7. The van der Waals surface area contributed by atoms with Gasteiger partial charge in [0.15, 0.2) is 17.3 Å². The van der Waals surface area contributed by atoms with Crippen molar-refractivity contribution in [2.45, 2.75) is 19.1 Å². The van der Waals surface area contributed by atoms with Crippen molar-refractivity contribution in [2.24, 2.45) is 7.05 Å². The quantitative estimate of drug-likeness (QED) is 0.776. The minimum absolute atomic E-state index is 0.278. The fraction of sp³-hybridized carbons (Fsp3) is 0.222. The van der Waals surface area contributed by atoms with E-state index in [0.29, 0.717) is 23.0 Å². The van der Waals surface area contributed by atoms with E-state index in [-0.39, 0.29) is 5.91 Å². The molecule has 132 valence electrons. The van der Waals surface area contributed by atoms with E-state index in [2.05, 4.69) is 20.8 Å². The number of tetrazole rings is 1. The van der Waals surface area contributed by atoms with E-state index >= 15 is 0 Å². The summed E-state index contributed by atoms with van der Waals surface area (Å²) in [6.07, 6.45) is -1.15. The molecule has 0 radical (unpaired) electrons. The highest BCUT2D eigenvalue weighted by Gasteiger charge is 2.34. The molecule has 1 aliphatic rings. The number of ether oxygens (including phenoxy) is 2. The molecule has 1 N–H and O–H groups in total. The lowest BCUT2D eigenvalue weighted by molar-refractivity contribution is -0.128. The van der Waals surface area contributed by atoms with Gasteiger partial charge >= 0.3 is 0 Å². The van der Waals surface area contributed by atoms with Crippen LogP contribution in [0.15, 0.2) is 48.5 Å². The van der Waals surface area contributed by atoms with Crippen LogP contribution in [0.4, 0.5) is 5.69 Å². The maximum atomic E-state index is 12.7. The van der Waals surface area contributed by atoms with Gasteiger partial charge in [0.25, 0.3) is 5.91 Å². The molecule has 0 saturated carbocycles. The van der Waals surface area contributed by atoms with Gasteiger partial charge in [-0.3, -0.25) is 4.79 Å². The number of nitrogens with zero attached hydrogens (tertiary/aromatic N) is 4. The number of carbonyl (C=O) groups excluding carboxylic acids is 1. The lowest BCUT2D eigenvalue weighted by Gasteiger charge is -2.31. The summed E-state index contributed by atoms with van der Waals surface area (Å²) in [5.74, 6) is 1.53. The van der Waals surface area contributed by atoms with Crippen LogP contribution in [0, 0.1) is 0 Å². The van der Waals surface area contributed by atoms with Crippen LogP contribution in [0.1, 0.15) is 6.92 Å². The summed E-state index contributed by atoms with van der Waals surface area (Å²) in [5.41, 5.74) is 1.43. The average molecular weight is 351 g/mol. The molecule has 0 unspecified atom stereocenters. The number of carbonyl (C=O) groups is 1. The molecule has 2 heterocycles. The Morgan fingerprint density at radius 1 is 1.12 bits per heavy atom. The van der Waals surface area contributed by atoms with E-state index < -0.39 is 12.2 Å². The van der Waals surface area contributed by atoms with Crippen LogP contribution in [0.5, 0.6) is 11.5 Å². The highest BCUT2D eigenvalue weighted by Crippen LogP contribution is 2.33. The Hall–Kier alpha value is -3.42. The van der Waals surface area contributed by atoms with Gasteiger partial charge in [0.1, 0.15) is 6.10 Å². The Morgan fingerprint density at radius 3 is 2.62 bits per heavy atom. The summed E-state index contributed by atoms with van der Waals surface area (Å²) < 4.78 is 13.2. The molecule has 4 rings (SSSR count). The lowest BCUT2D eigenvalue weighted by Crippen LogP contribution is -2.46. The van der Waals surface area contributed by atoms with Crippen LogP contribution in [0.3, 0.4) is 0 Å². The fourth-order valence-electron chi connectivity index (χ4n) is 2.83. The van der Waals surface area contributed by atoms with E-state index in [4.69, 9.17) is 9.47 Å². The van der Waals surface area contributed by atoms with Gasteiger partial charge in [-0.15, -0.1) is 5.10 Å². The first-order valence-corrected chi connectivity index (χ1v) is 8.18. The van der Waals surface area contributed by atoms with Crippen LogP contribution in [0.2, 0.25) is 0 Å². The number of para-hydroxylation sites is 2. The van der Waals surface area contributed by atoms with Gasteiger partial charge in [-0.05, 0) is 41.6 Å². The molecule has 1 amide bonds. The minimum atomic E-state index is -0.745. The number of fused-ring (bicyclic) bond motifs is 1. The van der Waals surface area contributed by atoms with E-state index in [1.807, 2.05) is 43.3 Å². The maximum absolute atomic E-state index is 12.7. The highest BCUT2D eigenvalue weighted by molar-refractivity contribution is 5.95. The summed E-state index contributed by atoms with van der Waals surface area (Å²) in [6.45, 7) is 1.81. The zero-order valence-electron chi connectivity index (χ0n) is 14.3. The van der Waals surface area contributed by atoms with Gasteiger partial charge in [0, 0.05) is 18.3 Å². The van der Waals surface area contributed by atoms with Gasteiger partial charge in [-0.25, -0.2) is 4.68 Å². The molecule has 2 atom stereocenters. The summed E-state index contributed by atoms with van der Waals surface area (Å²) >= 11 is 0. The number of hydrogen-bond donors (Lipinski definition) is 1. The van der Waals surface area contributed by atoms with Crippen LogP contribution >= 0.6 is 0 Å². The van der Waals surface area contributed by atoms with Gasteiger partial charge < -0.3 is 14.8 Å². The van der Waals surface area contributed by atoms with Gasteiger partial charge in [-0.1, -0.05) is 24.3 Å². The Kier molecular flexibility index (Phi) is 4.00. The van der Waals surface area contributed by atoms with Gasteiger partial charge in [0.05, 0.1) is 0 Å². The monoisotopic (exact) mass is 351 g/mol. The molecular formula is C18H17N5O3. The second kappa shape index (κ2) is 6.47. The number of aryl methyl sites for hydroxylation is 1. The summed E-state index contributed by atoms with van der Waals surface area (Å²) in [6, 6.07) is 14.6. The van der Waals surface area contributed by atoms with Crippen molar-refractivity contribution in [1.29, 1.82) is 0 Å². The van der Waals surface area contributed by atoms with E-state index in [1.54, 1.807) is 23.9 Å². The van der Waals surface area contributed by atoms with Gasteiger partial charge in [0.2, 0.25) is 6.10 Å². The zero-order chi connectivity index (χ0) is 18.1. The molecule has 8 heteroatoms. The van der Waals surface area contributed by atoms with E-state index in [9.17, 15) is 4.79 Å². The predicted octanol–water partition coefficient (Wildman–Crippen LogP) is 2.04. The van der Waals surface area contributed by atoms with E-state index in [0.717, 1.165) is 5.56 Å². The SMILES string of the molecule is C[C@@H]1Oc2ccccc2O[C@H]1C(=O)Nc1cccc(-c2nnnn2C)c1. The number of anilines is 1. The molecular weight excluding hydrogens is 334 g/mol. The molecule has 0 bridgehead atoms. The second-order valence-electron chi connectivity index (χ2n) is 6.00. The first kappa shape index (κ1) is 16.1. The van der Waals surface area contributed by atoms with Crippen LogP contribution < -0.4 is 14.8 Å². The van der Waals surface area contributed by atoms with Crippen molar-refractivity contribution < 1.29 is 14.3 Å². The van der Waals surface area contributed by atoms with Crippen LogP contribution in [-0.4, -0.2) is 38.3 Å². The third-order valence-electron chi connectivity index (χ3n) is 4.11. The first-order chi connectivity index (χ1) is 12.6. The number of rotatable bonds is 3. The Labute approximate surface area is 149 Å². The molecule has 0 spiro atoms. The molecule has 0 saturated heterocycles. The molecule has 8 nitrogen and oxygen atoms in total. The largest absolute Gasteiger partial charge is 0.482 e. The van der Waals surface area contributed by atoms with E-state index in [1.165, 1.54) is 0 Å². The lowest BCUT2D eigenvalue weighted by atomic mass is 10.1. The number of nitrogens with one attached hydrogen (secondary N) is 1. The van der Waals surface area contributed by atoms with Crippen molar-refractivity contribution in [3.05, 3.63) is 48.5 Å². The van der Waals surface area contributed by atoms with Crippen molar-refractivity contribution in [1.82, 2.24) is 20.2 Å². The highest BCUT2D eigenvalue weighted by atomic mass is 16.6. The third-order valence-corrected chi connectivity index (χ3v) is 4.11. The molecule has 1 aliphatic heterocycles. The molecule has 26 heavy (non-hydrogen) atoms. The van der Waals surface area contributed by atoms with Crippen molar-refractivity contribution in [3.63, 3.8) is 0 Å². The molecule has 2 aromatic carbocycles. The predicted molar refractivity (Wildman–Crippen MR) is 93.8 cm³/mol. The number of hydrogen-bond acceptors (Lipinski definition) is 6. The second-order valence-corrected chi connectivity index (χ2v) is 6.00. The smallest absolute Gasteiger partial charge is 0.269 e. The normalized spacial score (nSPS) is 18.4. The summed E-state index contributed by atoms with van der Waals surface area (Å²) in [7, 11) is 1.76. The Balaban J connectivity index is 1.53. The van der Waals surface area contributed by atoms with Gasteiger partial charge in [-0.2, -0.15) is 0 Å². The number of aromatic nitrogens is 4. The fourth-order valence-corrected chi connectivity index (χ4v) is 2.83. The zero-order valence-corrected chi connectivity index (χ0v) is 14.3. The number of benzene rings is 2. The Morgan fingerprint density at radius 2 is 1.88 bits per heavy atom. The van der Waals surface area contributed by atoms with Crippen molar-refractivity contribution >= 4 is 11.6 Å². The summed E-state index contributed by atoms with van der Waals surface area (Å²) in [5, 5.41) is 14.3. The topological polar surface area (TPSA) is 91.2 Å². The molecule has 0 aliphatic carbocycles. The van der Waals surface area contributed by atoms with Crippen LogP contribution in [-0.2, 0) is 11.8 Å². The molecule has 0 fully saturated rings. The van der Waals surface area contributed by atoms with Crippen molar-refractivity contribution in [2.75, 3.05) is 5.32 Å². The minimum Gasteiger partial charge on any atom is -0.482 e. The average Bonchev–Trinajstić information content (AvgIpc) is 3.07.